The summed E-state index contributed by atoms with van der Waals surface area (Å²) in [6.45, 7) is 1.74. The van der Waals surface area contributed by atoms with Gasteiger partial charge in [0.1, 0.15) is 0 Å². The van der Waals surface area contributed by atoms with Crippen molar-refractivity contribution in [3.63, 3.8) is 0 Å². The number of sulfonamides is 1. The molecular weight excluding hydrogens is 334 g/mol. The summed E-state index contributed by atoms with van der Waals surface area (Å²) in [6, 6.07) is 6.97. The normalized spacial score (nSPS) is 13.2. The zero-order chi connectivity index (χ0) is 14.5. The van der Waals surface area contributed by atoms with Gasteiger partial charge in [-0.2, -0.15) is 0 Å². The quantitative estimate of drug-likeness (QED) is 0.790. The number of nitrogens with one attached hydrogen (secondary N) is 1. The summed E-state index contributed by atoms with van der Waals surface area (Å²) < 4.78 is 26.9. The van der Waals surface area contributed by atoms with Crippen molar-refractivity contribution in [1.29, 1.82) is 0 Å². The van der Waals surface area contributed by atoms with Crippen LogP contribution in [0.5, 0.6) is 0 Å². The van der Waals surface area contributed by atoms with Crippen molar-refractivity contribution in [2.75, 3.05) is 5.75 Å². The van der Waals surface area contributed by atoms with E-state index < -0.39 is 16.0 Å². The van der Waals surface area contributed by atoms with Crippen LogP contribution in [0, 0.1) is 0 Å². The molecule has 19 heavy (non-hydrogen) atoms. The molecule has 0 heterocycles. The van der Waals surface area contributed by atoms with E-state index in [1.807, 2.05) is 24.3 Å². The van der Waals surface area contributed by atoms with Gasteiger partial charge in [-0.15, -0.1) is 0 Å². The van der Waals surface area contributed by atoms with Crippen LogP contribution in [0.4, 0.5) is 0 Å². The van der Waals surface area contributed by atoms with Crippen LogP contribution in [0.25, 0.3) is 0 Å². The molecule has 0 aliphatic rings. The molecule has 1 aromatic carbocycles. The lowest BCUT2D eigenvalue weighted by Gasteiger charge is -2.15. The lowest BCUT2D eigenvalue weighted by atomic mass is 10.1. The minimum atomic E-state index is -3.48. The maximum atomic E-state index is 11.8. The van der Waals surface area contributed by atoms with E-state index in [1.54, 1.807) is 6.92 Å². The molecule has 0 saturated carbocycles. The highest BCUT2D eigenvalue weighted by atomic mass is 79.9. The van der Waals surface area contributed by atoms with Gasteiger partial charge in [-0.1, -0.05) is 34.1 Å². The first-order chi connectivity index (χ1) is 8.82. The van der Waals surface area contributed by atoms with Gasteiger partial charge in [-0.05, 0) is 25.0 Å². The summed E-state index contributed by atoms with van der Waals surface area (Å²) in [4.78, 5) is 10.4. The highest BCUT2D eigenvalue weighted by Crippen LogP contribution is 2.23. The van der Waals surface area contributed by atoms with Gasteiger partial charge in [0.15, 0.2) is 0 Å². The Morgan fingerprint density at radius 3 is 2.63 bits per heavy atom. The third-order valence-corrected chi connectivity index (χ3v) is 4.79. The first-order valence-corrected chi connectivity index (χ1v) is 8.22. The van der Waals surface area contributed by atoms with E-state index in [9.17, 15) is 13.2 Å². The van der Waals surface area contributed by atoms with Gasteiger partial charge in [0.2, 0.25) is 10.0 Å². The molecule has 7 heteroatoms. The van der Waals surface area contributed by atoms with E-state index in [2.05, 4.69) is 20.7 Å². The Kier molecular flexibility index (Phi) is 5.96. The van der Waals surface area contributed by atoms with Crippen LogP contribution in [0.2, 0.25) is 0 Å². The van der Waals surface area contributed by atoms with Crippen LogP contribution >= 0.6 is 15.9 Å². The molecule has 5 nitrogen and oxygen atoms in total. The third-order valence-electron chi connectivity index (χ3n) is 2.53. The molecule has 0 aliphatic heterocycles. The SMILES string of the molecule is C[C@H](NS(=O)(=O)CCCC(=O)O)c1ccccc1Br. The fourth-order valence-corrected chi connectivity index (χ4v) is 3.57. The van der Waals surface area contributed by atoms with Crippen LogP contribution in [-0.4, -0.2) is 25.2 Å². The van der Waals surface area contributed by atoms with Crippen LogP contribution in [0.3, 0.4) is 0 Å². The molecule has 0 aliphatic carbocycles. The van der Waals surface area contributed by atoms with Crippen molar-refractivity contribution < 1.29 is 18.3 Å². The smallest absolute Gasteiger partial charge is 0.303 e. The number of benzene rings is 1. The second-order valence-electron chi connectivity index (χ2n) is 4.18. The molecule has 0 radical (unpaired) electrons. The molecule has 0 bridgehead atoms. The predicted molar refractivity (Wildman–Crippen MR) is 76.3 cm³/mol. The number of hydrogen-bond acceptors (Lipinski definition) is 3. The zero-order valence-corrected chi connectivity index (χ0v) is 12.9. The average molecular weight is 350 g/mol. The second kappa shape index (κ2) is 7.02. The predicted octanol–water partition coefficient (Wildman–Crippen LogP) is 2.29. The molecule has 106 valence electrons. The van der Waals surface area contributed by atoms with E-state index in [1.165, 1.54) is 0 Å². The maximum Gasteiger partial charge on any atom is 0.303 e. The van der Waals surface area contributed by atoms with E-state index in [0.717, 1.165) is 10.0 Å². The lowest BCUT2D eigenvalue weighted by Crippen LogP contribution is -2.29. The van der Waals surface area contributed by atoms with Crippen molar-refractivity contribution >= 4 is 31.9 Å². The van der Waals surface area contributed by atoms with E-state index in [-0.39, 0.29) is 24.6 Å². The molecule has 1 atom stereocenters. The molecule has 0 amide bonds. The van der Waals surface area contributed by atoms with Gasteiger partial charge < -0.3 is 5.11 Å². The summed E-state index contributed by atoms with van der Waals surface area (Å²) in [5.41, 5.74) is 0.837. The van der Waals surface area contributed by atoms with Gasteiger partial charge in [0.25, 0.3) is 0 Å². The summed E-state index contributed by atoms with van der Waals surface area (Å²) >= 11 is 3.36. The van der Waals surface area contributed by atoms with Crippen molar-refractivity contribution in [1.82, 2.24) is 4.72 Å². The monoisotopic (exact) mass is 349 g/mol. The van der Waals surface area contributed by atoms with E-state index in [4.69, 9.17) is 5.11 Å². The van der Waals surface area contributed by atoms with Crippen LogP contribution in [0.1, 0.15) is 31.4 Å². The van der Waals surface area contributed by atoms with Crippen molar-refractivity contribution in [3.05, 3.63) is 34.3 Å². The minimum absolute atomic E-state index is 0.105. The third kappa shape index (κ3) is 5.71. The Bertz CT molecular complexity index is 544. The van der Waals surface area contributed by atoms with Gasteiger partial charge in [-0.25, -0.2) is 13.1 Å². The fraction of sp³-hybridized carbons (Fsp3) is 0.417. The number of halogens is 1. The van der Waals surface area contributed by atoms with Gasteiger partial charge in [0.05, 0.1) is 5.75 Å². The Labute approximate surface area is 121 Å². The van der Waals surface area contributed by atoms with Crippen LogP contribution in [-0.2, 0) is 14.8 Å². The summed E-state index contributed by atoms with van der Waals surface area (Å²) in [6.07, 6.45) is -0.0440. The molecule has 0 aromatic heterocycles. The number of carboxylic acid groups (broad SMARTS) is 1. The molecule has 1 aromatic rings. The van der Waals surface area contributed by atoms with Crippen LogP contribution < -0.4 is 4.72 Å². The summed E-state index contributed by atoms with van der Waals surface area (Å²) in [7, 11) is -3.48. The molecular formula is C12H16BrNO4S. The Hall–Kier alpha value is -0.920. The fourth-order valence-electron chi connectivity index (χ4n) is 1.63. The van der Waals surface area contributed by atoms with Gasteiger partial charge >= 0.3 is 5.97 Å². The molecule has 0 spiro atoms. The van der Waals surface area contributed by atoms with E-state index >= 15 is 0 Å². The number of aliphatic carboxylic acids is 1. The number of hydrogen-bond donors (Lipinski definition) is 2. The molecule has 0 saturated heterocycles. The number of rotatable bonds is 7. The number of carboxylic acids is 1. The highest BCUT2D eigenvalue weighted by Gasteiger charge is 2.17. The van der Waals surface area contributed by atoms with Gasteiger partial charge in [-0.3, -0.25) is 4.79 Å². The van der Waals surface area contributed by atoms with Crippen molar-refractivity contribution in [3.8, 4) is 0 Å². The largest absolute Gasteiger partial charge is 0.481 e. The first kappa shape index (κ1) is 16.1. The Balaban J connectivity index is 2.63. The standard InChI is InChI=1S/C12H16BrNO4S/c1-9(10-5-2-3-6-11(10)13)14-19(17,18)8-4-7-12(15)16/h2-3,5-6,9,14H,4,7-8H2,1H3,(H,15,16)/t9-/m0/s1. The molecule has 0 fully saturated rings. The van der Waals surface area contributed by atoms with Crippen LogP contribution in [0.15, 0.2) is 28.7 Å². The first-order valence-electron chi connectivity index (χ1n) is 5.78. The lowest BCUT2D eigenvalue weighted by molar-refractivity contribution is -0.137. The molecule has 2 N–H and O–H groups in total. The summed E-state index contributed by atoms with van der Waals surface area (Å²) in [5.74, 6) is -1.18. The van der Waals surface area contributed by atoms with Crippen molar-refractivity contribution in [2.24, 2.45) is 0 Å². The minimum Gasteiger partial charge on any atom is -0.481 e. The molecule has 0 unspecified atom stereocenters. The average Bonchev–Trinajstić information content (AvgIpc) is 2.27. The Morgan fingerprint density at radius 1 is 1.42 bits per heavy atom. The highest BCUT2D eigenvalue weighted by molar-refractivity contribution is 9.10. The zero-order valence-electron chi connectivity index (χ0n) is 10.5. The topological polar surface area (TPSA) is 83.5 Å². The van der Waals surface area contributed by atoms with Crippen molar-refractivity contribution in [2.45, 2.75) is 25.8 Å². The second-order valence-corrected chi connectivity index (χ2v) is 6.90. The van der Waals surface area contributed by atoms with Gasteiger partial charge in [0, 0.05) is 16.9 Å². The molecule has 1 rings (SSSR count). The summed E-state index contributed by atoms with van der Waals surface area (Å²) in [5, 5.41) is 8.49. The maximum absolute atomic E-state index is 11.8. The van der Waals surface area contributed by atoms with E-state index in [0.29, 0.717) is 0 Å². The number of carbonyl (C=O) groups is 1. The Morgan fingerprint density at radius 2 is 2.05 bits per heavy atom.